The Balaban J connectivity index is 2.42. The normalized spacial score (nSPS) is 11.4. The van der Waals surface area contributed by atoms with E-state index in [-0.39, 0.29) is 5.56 Å². The van der Waals surface area contributed by atoms with Gasteiger partial charge in [-0.05, 0) is 12.1 Å². The quantitative estimate of drug-likeness (QED) is 0.574. The summed E-state index contributed by atoms with van der Waals surface area (Å²) in [6.45, 7) is 0. The number of para-hydroxylation sites is 2. The lowest BCUT2D eigenvalue weighted by molar-refractivity contribution is 0.170. The average Bonchev–Trinajstić information content (AvgIpc) is 2.88. The molecule has 4 rings (SSSR count). The van der Waals surface area contributed by atoms with Gasteiger partial charge in [0.1, 0.15) is 12.6 Å². The summed E-state index contributed by atoms with van der Waals surface area (Å²) >= 11 is 0. The molecule has 2 heterocycles. The van der Waals surface area contributed by atoms with Crippen LogP contribution in [0.5, 0.6) is 0 Å². The van der Waals surface area contributed by atoms with Crippen LogP contribution in [0, 0.1) is 0 Å². The summed E-state index contributed by atoms with van der Waals surface area (Å²) in [6.07, 6.45) is 0. The van der Waals surface area contributed by atoms with Gasteiger partial charge in [0.2, 0.25) is 0 Å². The number of hydrogen-bond donors (Lipinski definition) is 1. The zero-order valence-electron chi connectivity index (χ0n) is 10.9. The molecule has 0 aliphatic carbocycles. The number of H-pyrrole nitrogens is 1. The van der Waals surface area contributed by atoms with Crippen molar-refractivity contribution in [1.29, 1.82) is 0 Å². The Morgan fingerprint density at radius 2 is 1.70 bits per heavy atom. The maximum atomic E-state index is 12.5. The molecule has 0 saturated carbocycles. The molecular weight excluding hydrogens is 252 g/mol. The Morgan fingerprint density at radius 3 is 2.50 bits per heavy atom. The third-order valence-corrected chi connectivity index (χ3v) is 3.68. The predicted octanol–water partition coefficient (Wildman–Crippen LogP) is 2.69. The molecule has 2 aromatic heterocycles. The van der Waals surface area contributed by atoms with E-state index in [1.54, 1.807) is 0 Å². The highest BCUT2D eigenvalue weighted by Crippen LogP contribution is 2.29. The van der Waals surface area contributed by atoms with Crippen LogP contribution in [0.25, 0.3) is 32.7 Å². The average molecular weight is 264 g/mol. The van der Waals surface area contributed by atoms with Crippen molar-refractivity contribution in [3.05, 3.63) is 58.9 Å². The molecule has 0 bridgehead atoms. The van der Waals surface area contributed by atoms with Crippen molar-refractivity contribution in [2.45, 2.75) is 0 Å². The number of hydrogen-bond acceptors (Lipinski definition) is 2. The molecule has 0 saturated heterocycles. The molecule has 98 valence electrons. The third kappa shape index (κ3) is 1.28. The van der Waals surface area contributed by atoms with E-state index in [1.807, 2.05) is 48.5 Å². The highest BCUT2D eigenvalue weighted by Gasteiger charge is 2.15. The van der Waals surface area contributed by atoms with Crippen LogP contribution in [0.4, 0.5) is 0 Å². The maximum absolute atomic E-state index is 12.5. The summed E-state index contributed by atoms with van der Waals surface area (Å²) < 4.78 is 1.33. The zero-order valence-corrected chi connectivity index (χ0v) is 10.9. The maximum Gasteiger partial charge on any atom is 0.307 e. The van der Waals surface area contributed by atoms with Crippen LogP contribution < -0.4 is 10.4 Å². The van der Waals surface area contributed by atoms with Crippen molar-refractivity contribution in [1.82, 2.24) is 9.71 Å². The smallest absolute Gasteiger partial charge is 0.307 e. The fourth-order valence-corrected chi connectivity index (χ4v) is 2.84. The van der Waals surface area contributed by atoms with E-state index in [0.717, 1.165) is 27.2 Å². The molecule has 4 heteroatoms. The molecule has 0 amide bonds. The van der Waals surface area contributed by atoms with Gasteiger partial charge in [-0.15, -0.1) is 4.73 Å². The van der Waals surface area contributed by atoms with E-state index in [0.29, 0.717) is 5.52 Å². The number of aromatic nitrogens is 2. The molecule has 0 aliphatic heterocycles. The molecule has 2 aromatic carbocycles. The molecule has 4 aromatic rings. The van der Waals surface area contributed by atoms with E-state index in [2.05, 4.69) is 4.98 Å². The van der Waals surface area contributed by atoms with Gasteiger partial charge in [-0.2, -0.15) is 0 Å². The number of benzene rings is 2. The molecule has 20 heavy (non-hydrogen) atoms. The summed E-state index contributed by atoms with van der Waals surface area (Å²) in [5.41, 5.74) is 2.14. The van der Waals surface area contributed by atoms with Gasteiger partial charge in [-0.25, -0.2) is 0 Å². The minimum Gasteiger partial charge on any atom is -0.413 e. The molecule has 0 fully saturated rings. The van der Waals surface area contributed by atoms with Gasteiger partial charge in [0, 0.05) is 21.7 Å². The van der Waals surface area contributed by atoms with Gasteiger partial charge < -0.3 is 9.82 Å². The molecule has 0 unspecified atom stereocenters. The van der Waals surface area contributed by atoms with Gasteiger partial charge >= 0.3 is 5.56 Å². The molecule has 0 aliphatic rings. The first kappa shape index (κ1) is 11.1. The minimum absolute atomic E-state index is 0.169. The highest BCUT2D eigenvalue weighted by atomic mass is 16.6. The van der Waals surface area contributed by atoms with Crippen molar-refractivity contribution in [2.24, 2.45) is 0 Å². The minimum atomic E-state index is -0.169. The molecular formula is C16H12N2O2. The zero-order chi connectivity index (χ0) is 13.7. The van der Waals surface area contributed by atoms with E-state index >= 15 is 0 Å². The number of fused-ring (bicyclic) bond motifs is 5. The first-order valence-electron chi connectivity index (χ1n) is 6.40. The second-order valence-electron chi connectivity index (χ2n) is 4.72. The third-order valence-electron chi connectivity index (χ3n) is 3.68. The number of nitrogens with zero attached hydrogens (tertiary/aromatic N) is 1. The van der Waals surface area contributed by atoms with Crippen LogP contribution in [0.1, 0.15) is 0 Å². The van der Waals surface area contributed by atoms with Crippen LogP contribution in [-0.4, -0.2) is 16.8 Å². The summed E-state index contributed by atoms with van der Waals surface area (Å²) in [5, 5.41) is 3.01. The van der Waals surface area contributed by atoms with Crippen LogP contribution in [0.3, 0.4) is 0 Å². The lowest BCUT2D eigenvalue weighted by atomic mass is 10.1. The number of aromatic amines is 1. The predicted molar refractivity (Wildman–Crippen MR) is 80.1 cm³/mol. The number of rotatable bonds is 1. The fraction of sp³-hybridized carbons (Fsp3) is 0.0625. The Labute approximate surface area is 114 Å². The molecule has 4 nitrogen and oxygen atoms in total. The largest absolute Gasteiger partial charge is 0.413 e. The van der Waals surface area contributed by atoms with Crippen LogP contribution in [-0.2, 0) is 0 Å². The van der Waals surface area contributed by atoms with Gasteiger partial charge in [0.25, 0.3) is 0 Å². The van der Waals surface area contributed by atoms with Crippen LogP contribution in [0.15, 0.2) is 53.3 Å². The van der Waals surface area contributed by atoms with Crippen LogP contribution >= 0.6 is 0 Å². The van der Waals surface area contributed by atoms with Gasteiger partial charge in [0.15, 0.2) is 0 Å². The Kier molecular flexibility index (Phi) is 2.15. The standard InChI is InChI=1S/C16H12N2O2/c1-20-18-13-9-5-3-7-11(13)14-10-6-2-4-8-12(10)17-15(14)16(18)19/h2-9,17H,1H3. The lowest BCUT2D eigenvalue weighted by Gasteiger charge is -2.08. The van der Waals surface area contributed by atoms with E-state index in [1.165, 1.54) is 11.8 Å². The Hall–Kier alpha value is -2.75. The van der Waals surface area contributed by atoms with Gasteiger partial charge in [0.05, 0.1) is 5.52 Å². The van der Waals surface area contributed by atoms with Crippen molar-refractivity contribution in [2.75, 3.05) is 7.11 Å². The summed E-state index contributed by atoms with van der Waals surface area (Å²) in [5.74, 6) is 0. The van der Waals surface area contributed by atoms with Crippen molar-refractivity contribution >= 4 is 32.7 Å². The monoisotopic (exact) mass is 264 g/mol. The number of nitrogens with one attached hydrogen (secondary N) is 1. The van der Waals surface area contributed by atoms with Crippen molar-refractivity contribution in [3.8, 4) is 0 Å². The molecule has 0 atom stereocenters. The first-order valence-corrected chi connectivity index (χ1v) is 6.40. The Morgan fingerprint density at radius 1 is 1.00 bits per heavy atom. The second kappa shape index (κ2) is 3.87. The van der Waals surface area contributed by atoms with E-state index in [9.17, 15) is 4.79 Å². The molecule has 0 radical (unpaired) electrons. The summed E-state index contributed by atoms with van der Waals surface area (Å²) in [6, 6.07) is 15.7. The highest BCUT2D eigenvalue weighted by molar-refractivity contribution is 6.19. The van der Waals surface area contributed by atoms with Gasteiger partial charge in [-0.3, -0.25) is 4.79 Å². The summed E-state index contributed by atoms with van der Waals surface area (Å²) in [7, 11) is 1.50. The summed E-state index contributed by atoms with van der Waals surface area (Å²) in [4.78, 5) is 21.0. The molecule has 0 spiro atoms. The van der Waals surface area contributed by atoms with Crippen molar-refractivity contribution < 1.29 is 4.84 Å². The second-order valence-corrected chi connectivity index (χ2v) is 4.72. The fourth-order valence-electron chi connectivity index (χ4n) is 2.84. The first-order chi connectivity index (χ1) is 9.81. The van der Waals surface area contributed by atoms with E-state index in [4.69, 9.17) is 4.84 Å². The topological polar surface area (TPSA) is 47.0 Å². The van der Waals surface area contributed by atoms with Crippen molar-refractivity contribution in [3.63, 3.8) is 0 Å². The van der Waals surface area contributed by atoms with Gasteiger partial charge in [-0.1, -0.05) is 36.4 Å². The lowest BCUT2D eigenvalue weighted by Crippen LogP contribution is -2.25. The van der Waals surface area contributed by atoms with E-state index < -0.39 is 0 Å². The Bertz CT molecular complexity index is 1010. The number of pyridine rings is 1. The SMILES string of the molecule is COn1c(=O)c2[nH]c3ccccc3c2c2ccccc21. The van der Waals surface area contributed by atoms with Crippen LogP contribution in [0.2, 0.25) is 0 Å². The molecule has 1 N–H and O–H groups in total.